The van der Waals surface area contributed by atoms with Crippen molar-refractivity contribution in [3.8, 4) is 22.9 Å². The summed E-state index contributed by atoms with van der Waals surface area (Å²) >= 11 is 3.53. The molecule has 2 aromatic carbocycles. The third-order valence-electron chi connectivity index (χ3n) is 5.52. The highest BCUT2D eigenvalue weighted by Gasteiger charge is 2.20. The largest absolute Gasteiger partial charge is 0.494 e. The maximum atomic E-state index is 5.60. The second-order valence-corrected chi connectivity index (χ2v) is 8.40. The molecule has 162 valence electrons. The number of halogens is 1. The standard InChI is InChI=1S/C25H28BrN3O2/c1-3-31-22-11-5-19(6-12-22)25-23(13-14-24(27-25)30-2)29-16-4-15-28(17-18-29)21-9-7-20(26)8-10-21/h5-14H,3-4,15-18H2,1-2H3. The number of methoxy groups -OCH3 is 1. The predicted octanol–water partition coefficient (Wildman–Crippen LogP) is 5.64. The van der Waals surface area contributed by atoms with Gasteiger partial charge in [0.1, 0.15) is 5.75 Å². The van der Waals surface area contributed by atoms with Crippen molar-refractivity contribution in [1.82, 2.24) is 4.98 Å². The van der Waals surface area contributed by atoms with Gasteiger partial charge in [-0.25, -0.2) is 4.98 Å². The summed E-state index contributed by atoms with van der Waals surface area (Å²) in [4.78, 5) is 9.71. The normalized spacial score (nSPS) is 14.3. The molecule has 0 amide bonds. The minimum atomic E-state index is 0.624. The first-order valence-electron chi connectivity index (χ1n) is 10.7. The smallest absolute Gasteiger partial charge is 0.213 e. The zero-order valence-electron chi connectivity index (χ0n) is 18.1. The molecule has 4 rings (SSSR count). The van der Waals surface area contributed by atoms with Crippen molar-refractivity contribution < 1.29 is 9.47 Å². The van der Waals surface area contributed by atoms with Crippen LogP contribution in [0.3, 0.4) is 0 Å². The van der Waals surface area contributed by atoms with Crippen LogP contribution in [0.2, 0.25) is 0 Å². The van der Waals surface area contributed by atoms with E-state index < -0.39 is 0 Å². The van der Waals surface area contributed by atoms with Gasteiger partial charge >= 0.3 is 0 Å². The molecule has 1 aliphatic rings. The number of pyridine rings is 1. The lowest BCUT2D eigenvalue weighted by Gasteiger charge is -2.26. The van der Waals surface area contributed by atoms with Crippen LogP contribution in [0.1, 0.15) is 13.3 Å². The van der Waals surface area contributed by atoms with Gasteiger partial charge in [-0.1, -0.05) is 15.9 Å². The second kappa shape index (κ2) is 10.1. The molecule has 1 aliphatic heterocycles. The van der Waals surface area contributed by atoms with Crippen molar-refractivity contribution in [2.24, 2.45) is 0 Å². The molecule has 0 unspecified atom stereocenters. The second-order valence-electron chi connectivity index (χ2n) is 7.48. The third kappa shape index (κ3) is 5.13. The molecule has 0 aliphatic carbocycles. The molecule has 0 saturated carbocycles. The Morgan fingerprint density at radius 3 is 2.29 bits per heavy atom. The van der Waals surface area contributed by atoms with Gasteiger partial charge in [0.25, 0.3) is 0 Å². The molecule has 2 heterocycles. The van der Waals surface area contributed by atoms with Crippen molar-refractivity contribution in [3.63, 3.8) is 0 Å². The predicted molar refractivity (Wildman–Crippen MR) is 131 cm³/mol. The number of anilines is 2. The molecule has 5 nitrogen and oxygen atoms in total. The molecular formula is C25H28BrN3O2. The van der Waals surface area contributed by atoms with Crippen LogP contribution >= 0.6 is 15.9 Å². The highest BCUT2D eigenvalue weighted by Crippen LogP contribution is 2.33. The van der Waals surface area contributed by atoms with Gasteiger partial charge in [0, 0.05) is 48.0 Å². The van der Waals surface area contributed by atoms with Gasteiger partial charge in [0.2, 0.25) is 5.88 Å². The molecule has 0 N–H and O–H groups in total. The Labute approximate surface area is 192 Å². The molecule has 0 atom stereocenters. The number of nitrogens with zero attached hydrogens (tertiary/aromatic N) is 3. The lowest BCUT2D eigenvalue weighted by atomic mass is 10.1. The Kier molecular flexibility index (Phi) is 6.97. The van der Waals surface area contributed by atoms with Crippen LogP contribution in [0.25, 0.3) is 11.3 Å². The number of aromatic nitrogens is 1. The van der Waals surface area contributed by atoms with Gasteiger partial charge in [-0.3, -0.25) is 0 Å². The number of ether oxygens (including phenoxy) is 2. The minimum Gasteiger partial charge on any atom is -0.494 e. The summed E-state index contributed by atoms with van der Waals surface area (Å²) in [6, 6.07) is 20.8. The van der Waals surface area contributed by atoms with Crippen LogP contribution in [0.4, 0.5) is 11.4 Å². The number of rotatable bonds is 6. The Bertz CT molecular complexity index is 993. The number of benzene rings is 2. The molecule has 6 heteroatoms. The van der Waals surface area contributed by atoms with E-state index in [4.69, 9.17) is 14.5 Å². The first-order chi connectivity index (χ1) is 15.2. The molecule has 0 radical (unpaired) electrons. The van der Waals surface area contributed by atoms with E-state index in [1.54, 1.807) is 7.11 Å². The Morgan fingerprint density at radius 1 is 0.871 bits per heavy atom. The molecule has 0 spiro atoms. The first-order valence-corrected chi connectivity index (χ1v) is 11.5. The van der Waals surface area contributed by atoms with Gasteiger partial charge in [-0.2, -0.15) is 0 Å². The quantitative estimate of drug-likeness (QED) is 0.455. The lowest BCUT2D eigenvalue weighted by Crippen LogP contribution is -2.31. The summed E-state index contributed by atoms with van der Waals surface area (Å²) in [6.07, 6.45) is 1.09. The van der Waals surface area contributed by atoms with Gasteiger partial charge in [0.15, 0.2) is 0 Å². The van der Waals surface area contributed by atoms with Crippen molar-refractivity contribution in [3.05, 3.63) is 65.1 Å². The number of hydrogen-bond donors (Lipinski definition) is 0. The van der Waals surface area contributed by atoms with E-state index in [0.717, 1.165) is 59.8 Å². The van der Waals surface area contributed by atoms with Crippen LogP contribution in [0.15, 0.2) is 65.1 Å². The topological polar surface area (TPSA) is 37.8 Å². The summed E-state index contributed by atoms with van der Waals surface area (Å²) in [6.45, 7) is 6.59. The van der Waals surface area contributed by atoms with Crippen LogP contribution < -0.4 is 19.3 Å². The molecule has 0 bridgehead atoms. The van der Waals surface area contributed by atoms with Gasteiger partial charge in [-0.15, -0.1) is 0 Å². The van der Waals surface area contributed by atoms with Crippen LogP contribution in [-0.4, -0.2) is 44.9 Å². The highest BCUT2D eigenvalue weighted by molar-refractivity contribution is 9.10. The van der Waals surface area contributed by atoms with Gasteiger partial charge in [-0.05, 0) is 67.9 Å². The fourth-order valence-corrected chi connectivity index (χ4v) is 4.22. The maximum Gasteiger partial charge on any atom is 0.213 e. The Balaban J connectivity index is 1.59. The van der Waals surface area contributed by atoms with Crippen molar-refractivity contribution >= 4 is 27.3 Å². The summed E-state index contributed by atoms with van der Waals surface area (Å²) in [7, 11) is 1.66. The molecule has 1 fully saturated rings. The fraction of sp³-hybridized carbons (Fsp3) is 0.320. The summed E-state index contributed by atoms with van der Waals surface area (Å²) in [5.41, 5.74) is 4.41. The van der Waals surface area contributed by atoms with Crippen LogP contribution in [0.5, 0.6) is 11.6 Å². The molecule has 1 saturated heterocycles. The monoisotopic (exact) mass is 481 g/mol. The molecular weight excluding hydrogens is 454 g/mol. The summed E-state index contributed by atoms with van der Waals surface area (Å²) in [5.74, 6) is 1.49. The van der Waals surface area contributed by atoms with Gasteiger partial charge < -0.3 is 19.3 Å². The van der Waals surface area contributed by atoms with Crippen molar-refractivity contribution in [2.75, 3.05) is 49.7 Å². The number of hydrogen-bond acceptors (Lipinski definition) is 5. The SMILES string of the molecule is CCOc1ccc(-c2nc(OC)ccc2N2CCCN(c3ccc(Br)cc3)CC2)cc1. The Morgan fingerprint density at radius 2 is 1.58 bits per heavy atom. The zero-order chi connectivity index (χ0) is 21.6. The molecule has 3 aromatic rings. The lowest BCUT2D eigenvalue weighted by molar-refractivity contribution is 0.340. The Hall–Kier alpha value is -2.73. The first kappa shape index (κ1) is 21.5. The van der Waals surface area contributed by atoms with Crippen molar-refractivity contribution in [1.29, 1.82) is 0 Å². The fourth-order valence-electron chi connectivity index (χ4n) is 3.96. The molecule has 31 heavy (non-hydrogen) atoms. The summed E-state index contributed by atoms with van der Waals surface area (Å²) < 4.78 is 12.1. The average Bonchev–Trinajstić information content (AvgIpc) is 3.06. The molecule has 1 aromatic heterocycles. The summed E-state index contributed by atoms with van der Waals surface area (Å²) in [5, 5.41) is 0. The van der Waals surface area contributed by atoms with E-state index in [9.17, 15) is 0 Å². The highest BCUT2D eigenvalue weighted by atomic mass is 79.9. The van der Waals surface area contributed by atoms with E-state index in [2.05, 4.69) is 68.2 Å². The average molecular weight is 482 g/mol. The van der Waals surface area contributed by atoms with E-state index >= 15 is 0 Å². The third-order valence-corrected chi connectivity index (χ3v) is 6.05. The minimum absolute atomic E-state index is 0.624. The van der Waals surface area contributed by atoms with E-state index in [1.165, 1.54) is 5.69 Å². The van der Waals surface area contributed by atoms with Crippen LogP contribution in [0, 0.1) is 0 Å². The van der Waals surface area contributed by atoms with Crippen LogP contribution in [-0.2, 0) is 0 Å². The van der Waals surface area contributed by atoms with Crippen molar-refractivity contribution in [2.45, 2.75) is 13.3 Å². The van der Waals surface area contributed by atoms with E-state index in [1.807, 2.05) is 25.1 Å². The zero-order valence-corrected chi connectivity index (χ0v) is 19.6. The van der Waals surface area contributed by atoms with E-state index in [-0.39, 0.29) is 0 Å². The maximum absolute atomic E-state index is 5.60. The van der Waals surface area contributed by atoms with E-state index in [0.29, 0.717) is 12.5 Å². The van der Waals surface area contributed by atoms with Gasteiger partial charge in [0.05, 0.1) is 25.1 Å².